The number of nitrogens with zero attached hydrogens (tertiary/aromatic N) is 4. The zero-order chi connectivity index (χ0) is 24.2. The zero-order valence-electron chi connectivity index (χ0n) is 19.1. The number of anilines is 2. The van der Waals surface area contributed by atoms with Crippen molar-refractivity contribution in [3.05, 3.63) is 59.9 Å². The van der Waals surface area contributed by atoms with E-state index in [1.807, 2.05) is 25.1 Å². The van der Waals surface area contributed by atoms with Crippen molar-refractivity contribution in [3.63, 3.8) is 0 Å². The van der Waals surface area contributed by atoms with Gasteiger partial charge in [-0.2, -0.15) is 0 Å². The molecule has 0 bridgehead atoms. The van der Waals surface area contributed by atoms with E-state index in [0.717, 1.165) is 35.4 Å². The number of rotatable bonds is 7. The van der Waals surface area contributed by atoms with E-state index in [9.17, 15) is 18.7 Å². The second-order valence-corrected chi connectivity index (χ2v) is 8.89. The molecule has 1 aromatic carbocycles. The molecule has 4 rings (SSSR count). The van der Waals surface area contributed by atoms with Gasteiger partial charge in [0.2, 0.25) is 5.95 Å². The molecule has 0 saturated heterocycles. The number of nitrogens with one attached hydrogen (secondary N) is 1. The van der Waals surface area contributed by atoms with Crippen LogP contribution in [0.3, 0.4) is 0 Å². The highest BCUT2D eigenvalue weighted by molar-refractivity contribution is 5.70. The smallest absolute Gasteiger partial charge is 0.306 e. The fourth-order valence-corrected chi connectivity index (χ4v) is 4.50. The van der Waals surface area contributed by atoms with Crippen LogP contribution in [-0.4, -0.2) is 31.0 Å². The van der Waals surface area contributed by atoms with E-state index in [2.05, 4.69) is 32.2 Å². The van der Waals surface area contributed by atoms with Gasteiger partial charge >= 0.3 is 5.97 Å². The Kier molecular flexibility index (Phi) is 7.09. The van der Waals surface area contributed by atoms with Crippen LogP contribution in [-0.2, 0) is 4.79 Å². The molecular weight excluding hydrogens is 440 g/mol. The molecule has 0 spiro atoms. The van der Waals surface area contributed by atoms with Gasteiger partial charge < -0.3 is 10.4 Å². The minimum absolute atomic E-state index is 0.104. The van der Waals surface area contributed by atoms with Crippen LogP contribution in [0.5, 0.6) is 0 Å². The van der Waals surface area contributed by atoms with Gasteiger partial charge in [-0.05, 0) is 67.9 Å². The summed E-state index contributed by atoms with van der Waals surface area (Å²) in [6, 6.07) is 6.94. The van der Waals surface area contributed by atoms with E-state index in [4.69, 9.17) is 0 Å². The monoisotopic (exact) mass is 467 g/mol. The van der Waals surface area contributed by atoms with Crippen LogP contribution < -0.4 is 5.32 Å². The maximum absolute atomic E-state index is 12.9. The molecule has 9 heteroatoms. The summed E-state index contributed by atoms with van der Waals surface area (Å²) in [7, 11) is 0. The minimum Gasteiger partial charge on any atom is -0.481 e. The van der Waals surface area contributed by atoms with Gasteiger partial charge in [0.25, 0.3) is 6.43 Å². The number of hydrogen-bond donors (Lipinski definition) is 2. The number of aryl methyl sites for hydroxylation is 1. The summed E-state index contributed by atoms with van der Waals surface area (Å²) in [6.07, 6.45) is 5.34. The molecule has 0 amide bonds. The van der Waals surface area contributed by atoms with Gasteiger partial charge in [-0.3, -0.25) is 4.79 Å². The quantitative estimate of drug-likeness (QED) is 0.445. The third kappa shape index (κ3) is 5.52. The summed E-state index contributed by atoms with van der Waals surface area (Å²) >= 11 is 0. The maximum atomic E-state index is 12.9. The van der Waals surface area contributed by atoms with Gasteiger partial charge in [-0.15, -0.1) is 0 Å². The molecule has 2 aromatic heterocycles. The highest BCUT2D eigenvalue weighted by Crippen LogP contribution is 2.37. The summed E-state index contributed by atoms with van der Waals surface area (Å²) in [5, 5.41) is 12.2. The first-order valence-electron chi connectivity index (χ1n) is 11.3. The fourth-order valence-electron chi connectivity index (χ4n) is 4.50. The van der Waals surface area contributed by atoms with Crippen LogP contribution in [0.15, 0.2) is 42.9 Å². The predicted molar refractivity (Wildman–Crippen MR) is 124 cm³/mol. The predicted octanol–water partition coefficient (Wildman–Crippen LogP) is 5.92. The Morgan fingerprint density at radius 1 is 1.06 bits per heavy atom. The van der Waals surface area contributed by atoms with Crippen LogP contribution in [0.1, 0.15) is 62.0 Å². The van der Waals surface area contributed by atoms with E-state index in [0.29, 0.717) is 24.4 Å². The molecule has 1 aliphatic rings. The van der Waals surface area contributed by atoms with Crippen molar-refractivity contribution in [1.82, 2.24) is 19.9 Å². The van der Waals surface area contributed by atoms with Crippen molar-refractivity contribution in [2.24, 2.45) is 11.8 Å². The molecule has 1 fully saturated rings. The Balaban J connectivity index is 1.48. The number of aromatic nitrogens is 4. The van der Waals surface area contributed by atoms with Gasteiger partial charge in [0.1, 0.15) is 11.5 Å². The number of halogens is 2. The van der Waals surface area contributed by atoms with E-state index in [1.54, 1.807) is 12.4 Å². The lowest BCUT2D eigenvalue weighted by Gasteiger charge is -2.29. The lowest BCUT2D eigenvalue weighted by molar-refractivity contribution is -0.143. The lowest BCUT2D eigenvalue weighted by atomic mass is 9.76. The normalized spacial score (nSPS) is 19.1. The molecule has 0 radical (unpaired) electrons. The standard InChI is InChI=1S/C25H27F2N5O2/c1-14-9-18(11-20(10-14)31-25-28-8-7-21(32-25)22(26)27)19-12-29-23(30-13-19)15(2)16-3-5-17(6-4-16)24(33)34/h7-13,15-17,22H,3-6H2,1-2H3,(H,33,34)(H,28,31,32). The topological polar surface area (TPSA) is 101 Å². The first-order chi connectivity index (χ1) is 16.3. The Bertz CT molecular complexity index is 1150. The number of carboxylic acids is 1. The van der Waals surface area contributed by atoms with Crippen LogP contribution >= 0.6 is 0 Å². The summed E-state index contributed by atoms with van der Waals surface area (Å²) < 4.78 is 25.9. The van der Waals surface area contributed by atoms with Crippen molar-refractivity contribution < 1.29 is 18.7 Å². The molecule has 2 N–H and O–H groups in total. The van der Waals surface area contributed by atoms with Gasteiger partial charge in [0.15, 0.2) is 0 Å². The third-order valence-electron chi connectivity index (χ3n) is 6.47. The third-order valence-corrected chi connectivity index (χ3v) is 6.47. The van der Waals surface area contributed by atoms with E-state index < -0.39 is 12.4 Å². The summed E-state index contributed by atoms with van der Waals surface area (Å²) in [6.45, 7) is 4.04. The molecule has 3 aromatic rings. The van der Waals surface area contributed by atoms with Crippen LogP contribution in [0.2, 0.25) is 0 Å². The minimum atomic E-state index is -2.66. The average Bonchev–Trinajstić information content (AvgIpc) is 2.83. The summed E-state index contributed by atoms with van der Waals surface area (Å²) in [5.74, 6) is 0.447. The van der Waals surface area contributed by atoms with Crippen molar-refractivity contribution in [2.75, 3.05) is 5.32 Å². The first kappa shape index (κ1) is 23.7. The number of aliphatic carboxylic acids is 1. The van der Waals surface area contributed by atoms with Crippen molar-refractivity contribution in [1.29, 1.82) is 0 Å². The van der Waals surface area contributed by atoms with E-state index in [-0.39, 0.29) is 23.5 Å². The second-order valence-electron chi connectivity index (χ2n) is 8.89. The molecule has 2 heterocycles. The zero-order valence-corrected chi connectivity index (χ0v) is 19.1. The van der Waals surface area contributed by atoms with Crippen LogP contribution in [0.4, 0.5) is 20.4 Å². The van der Waals surface area contributed by atoms with Crippen LogP contribution in [0.25, 0.3) is 11.1 Å². The Labute approximate surface area is 196 Å². The summed E-state index contributed by atoms with van der Waals surface area (Å²) in [4.78, 5) is 28.3. The second kappa shape index (κ2) is 10.2. The van der Waals surface area contributed by atoms with E-state index in [1.165, 1.54) is 12.3 Å². The number of hydrogen-bond acceptors (Lipinski definition) is 6. The van der Waals surface area contributed by atoms with Crippen molar-refractivity contribution in [3.8, 4) is 11.1 Å². The number of alkyl halides is 2. The number of benzene rings is 1. The van der Waals surface area contributed by atoms with E-state index >= 15 is 0 Å². The SMILES string of the molecule is Cc1cc(Nc2nccc(C(F)F)n2)cc(-c2cnc(C(C)C3CCC(C(=O)O)CC3)nc2)c1. The number of carbonyl (C=O) groups is 1. The Hall–Kier alpha value is -3.49. The van der Waals surface area contributed by atoms with Gasteiger partial charge in [0.05, 0.1) is 5.92 Å². The molecule has 7 nitrogen and oxygen atoms in total. The van der Waals surface area contributed by atoms with Crippen molar-refractivity contribution >= 4 is 17.6 Å². The molecule has 34 heavy (non-hydrogen) atoms. The molecular formula is C25H27F2N5O2. The Morgan fingerprint density at radius 3 is 2.41 bits per heavy atom. The largest absolute Gasteiger partial charge is 0.481 e. The lowest BCUT2D eigenvalue weighted by Crippen LogP contribution is -2.24. The van der Waals surface area contributed by atoms with Gasteiger partial charge in [-0.25, -0.2) is 28.7 Å². The first-order valence-corrected chi connectivity index (χ1v) is 11.3. The average molecular weight is 468 g/mol. The highest BCUT2D eigenvalue weighted by atomic mass is 19.3. The fraction of sp³-hybridized carbons (Fsp3) is 0.400. The molecule has 1 unspecified atom stereocenters. The molecule has 1 aliphatic carbocycles. The summed E-state index contributed by atoms with van der Waals surface area (Å²) in [5.41, 5.74) is 3.03. The number of carboxylic acid groups (broad SMARTS) is 1. The molecule has 1 atom stereocenters. The Morgan fingerprint density at radius 2 is 1.76 bits per heavy atom. The maximum Gasteiger partial charge on any atom is 0.306 e. The molecule has 1 saturated carbocycles. The van der Waals surface area contributed by atoms with Crippen LogP contribution in [0, 0.1) is 18.8 Å². The highest BCUT2D eigenvalue weighted by Gasteiger charge is 2.30. The molecule has 0 aliphatic heterocycles. The van der Waals surface area contributed by atoms with Gasteiger partial charge in [0, 0.05) is 35.8 Å². The van der Waals surface area contributed by atoms with Crippen molar-refractivity contribution in [2.45, 2.75) is 51.9 Å². The van der Waals surface area contributed by atoms with Gasteiger partial charge in [-0.1, -0.05) is 13.0 Å². The molecule has 178 valence electrons.